The predicted octanol–water partition coefficient (Wildman–Crippen LogP) is 20.9. The van der Waals surface area contributed by atoms with Crippen molar-refractivity contribution in [2.24, 2.45) is 0 Å². The van der Waals surface area contributed by atoms with Crippen LogP contribution >= 0.6 is 0 Å². The predicted molar refractivity (Wildman–Crippen MR) is 380 cm³/mol. The molecule has 0 unspecified atom stereocenters. The number of benzene rings is 10. The third kappa shape index (κ3) is 8.10. The van der Waals surface area contributed by atoms with Crippen molar-refractivity contribution in [3.05, 3.63) is 310 Å². The zero-order chi connectivity index (χ0) is 61.1. The van der Waals surface area contributed by atoms with Gasteiger partial charge in [0, 0.05) is 119 Å². The van der Waals surface area contributed by atoms with Gasteiger partial charge in [-0.05, 0) is 145 Å². The Morgan fingerprint density at radius 2 is 0.559 bits per heavy atom. The minimum atomic E-state index is 0.730. The molecule has 10 aromatic carbocycles. The average Bonchev–Trinajstić information content (AvgIpc) is 1.50. The fourth-order valence-corrected chi connectivity index (χ4v) is 14.4. The largest absolute Gasteiger partial charge is 0.310 e. The van der Waals surface area contributed by atoms with Gasteiger partial charge in [0.1, 0.15) is 22.3 Å². The van der Waals surface area contributed by atoms with E-state index in [1.165, 1.54) is 0 Å². The second-order valence-corrected chi connectivity index (χ2v) is 23.5. The van der Waals surface area contributed by atoms with E-state index in [1.807, 2.05) is 61.4 Å². The first-order valence-corrected chi connectivity index (χ1v) is 31.1. The fourth-order valence-electron chi connectivity index (χ4n) is 14.4. The summed E-state index contributed by atoms with van der Waals surface area (Å²) >= 11 is 0. The highest BCUT2D eigenvalue weighted by molar-refractivity contribution is 6.40. The van der Waals surface area contributed by atoms with E-state index >= 15 is 0 Å². The summed E-state index contributed by atoms with van der Waals surface area (Å²) in [5.41, 5.74) is 21.5. The molecule has 0 radical (unpaired) electrons. The Labute approximate surface area is 533 Å². The van der Waals surface area contributed by atoms with E-state index in [-0.39, 0.29) is 0 Å². The summed E-state index contributed by atoms with van der Waals surface area (Å²) in [6.45, 7) is 0. The van der Waals surface area contributed by atoms with Crippen LogP contribution in [-0.4, -0.2) is 38.7 Å². The van der Waals surface area contributed by atoms with Gasteiger partial charge in [0.05, 0.1) is 57.2 Å². The van der Waals surface area contributed by atoms with Crippen LogP contribution in [0.2, 0.25) is 0 Å². The monoisotopic (exact) mass is 1190 g/mol. The molecule has 93 heavy (non-hydrogen) atoms. The summed E-state index contributed by atoms with van der Waals surface area (Å²) in [5, 5.41) is 8.05. The summed E-state index contributed by atoms with van der Waals surface area (Å²) in [7, 11) is 0. The minimum absolute atomic E-state index is 0.730. The van der Waals surface area contributed by atoms with Crippen molar-refractivity contribution < 1.29 is 0 Å². The Balaban J connectivity index is 1.03. The van der Waals surface area contributed by atoms with Crippen molar-refractivity contribution in [1.29, 1.82) is 0 Å². The van der Waals surface area contributed by atoms with Crippen molar-refractivity contribution >= 4 is 139 Å². The van der Waals surface area contributed by atoms with Crippen LogP contribution in [0.15, 0.2) is 310 Å². The maximum Gasteiger partial charge on any atom is 0.145 e. The van der Waals surface area contributed by atoms with E-state index in [1.54, 1.807) is 0 Å². The number of aromatic nitrogens is 8. The van der Waals surface area contributed by atoms with Gasteiger partial charge in [-0.2, -0.15) is 0 Å². The molecule has 0 saturated heterocycles. The van der Waals surface area contributed by atoms with Gasteiger partial charge in [0.2, 0.25) is 0 Å². The standard InChI is InChI=1S/C82H51N11/c1-8-22-52(23-9-1)55-44-65-67-48-63(90(58-28-14-4-15-29-58)59-30-16-5-17-31-59)50-85-81(67)92-77(65)69(45-55)71-75-76(88-74(54-38-42-84-43-39-54)73(87-75)53-36-40-83-41-37-53)72-70-47-62(89(56-24-10-2-11-25-56)57-26-12-3-13-27-57)46-66-68-49-64(51-86-82(68)93(78(66)70)80(72)79(71)92)91(60-32-18-6-19-33-60)61-34-20-7-21-35-61/h1-51H. The van der Waals surface area contributed by atoms with Crippen molar-refractivity contribution in [1.82, 2.24) is 38.7 Å². The Bertz CT molecular complexity index is 5900. The Hall–Kier alpha value is -12.9. The lowest BCUT2D eigenvalue weighted by Gasteiger charge is -2.26. The Morgan fingerprint density at radius 3 is 0.946 bits per heavy atom. The van der Waals surface area contributed by atoms with Gasteiger partial charge >= 0.3 is 0 Å². The van der Waals surface area contributed by atoms with Gasteiger partial charge in [0.25, 0.3) is 0 Å². The molecule has 0 bridgehead atoms. The normalized spacial score (nSPS) is 11.9. The highest BCUT2D eigenvalue weighted by atomic mass is 15.2. The van der Waals surface area contributed by atoms with Crippen LogP contribution in [0, 0.1) is 0 Å². The minimum Gasteiger partial charge on any atom is -0.310 e. The van der Waals surface area contributed by atoms with Crippen LogP contribution in [0.3, 0.4) is 0 Å². The summed E-state index contributed by atoms with van der Waals surface area (Å²) < 4.78 is 4.86. The van der Waals surface area contributed by atoms with Crippen LogP contribution in [-0.2, 0) is 0 Å². The number of para-hydroxylation sites is 6. The molecular formula is C82H51N11. The molecule has 434 valence electrons. The number of rotatable bonds is 12. The van der Waals surface area contributed by atoms with Gasteiger partial charge in [-0.1, -0.05) is 140 Å². The number of fused-ring (bicyclic) bond motifs is 16. The van der Waals surface area contributed by atoms with Gasteiger partial charge in [-0.25, -0.2) is 19.9 Å². The molecule has 0 aliphatic heterocycles. The van der Waals surface area contributed by atoms with E-state index < -0.39 is 0 Å². The molecule has 9 heterocycles. The lowest BCUT2D eigenvalue weighted by Crippen LogP contribution is -2.10. The summed E-state index contributed by atoms with van der Waals surface area (Å²) in [5.74, 6) is 0. The molecule has 0 aliphatic rings. The van der Waals surface area contributed by atoms with E-state index in [4.69, 9.17) is 19.9 Å². The molecule has 11 heteroatoms. The molecule has 0 atom stereocenters. The lowest BCUT2D eigenvalue weighted by molar-refractivity contribution is 1.21. The van der Waals surface area contributed by atoms with E-state index in [0.29, 0.717) is 0 Å². The van der Waals surface area contributed by atoms with Gasteiger partial charge in [-0.15, -0.1) is 0 Å². The van der Waals surface area contributed by atoms with Crippen LogP contribution in [0.1, 0.15) is 0 Å². The zero-order valence-electron chi connectivity index (χ0n) is 49.9. The van der Waals surface area contributed by atoms with E-state index in [0.717, 1.165) is 172 Å². The first-order chi connectivity index (χ1) is 46.2. The van der Waals surface area contributed by atoms with Gasteiger partial charge in [0.15, 0.2) is 0 Å². The molecular weight excluding hydrogens is 1140 g/mol. The zero-order valence-corrected chi connectivity index (χ0v) is 49.9. The second-order valence-electron chi connectivity index (χ2n) is 23.5. The van der Waals surface area contributed by atoms with Crippen molar-refractivity contribution in [3.8, 4) is 33.6 Å². The molecule has 0 N–H and O–H groups in total. The number of nitrogens with zero attached hydrogens (tertiary/aromatic N) is 11. The smallest absolute Gasteiger partial charge is 0.145 e. The summed E-state index contributed by atoms with van der Waals surface area (Å²) in [6.07, 6.45) is 11.4. The topological polar surface area (TPSA) is 95.9 Å². The number of hydrogen-bond donors (Lipinski definition) is 0. The summed E-state index contributed by atoms with van der Waals surface area (Å²) in [4.78, 5) is 39.4. The van der Waals surface area contributed by atoms with Gasteiger partial charge < -0.3 is 14.7 Å². The number of pyridine rings is 4. The third-order valence-corrected chi connectivity index (χ3v) is 18.3. The quantitative estimate of drug-likeness (QED) is 0.118. The average molecular weight is 1190 g/mol. The molecule has 19 aromatic rings. The SMILES string of the molecule is c1ccc(-c2cc3c4cc(N(c5ccccc5)c5ccccc5)cnc4n4c3c(c2)c2c3nc(-c5ccncc5)c(-c5ccncc5)nc3c3c5cc(N(c6ccccc6)c6ccccc6)cc6c7cc(N(c8ccccc8)c8ccccc8)cnc7n(c65)c3c24)cc1. The molecule has 0 fully saturated rings. The van der Waals surface area contributed by atoms with Crippen LogP contribution in [0.4, 0.5) is 51.2 Å². The van der Waals surface area contributed by atoms with Crippen LogP contribution in [0.25, 0.3) is 121 Å². The van der Waals surface area contributed by atoms with Crippen molar-refractivity contribution in [2.75, 3.05) is 14.7 Å². The molecule has 0 spiro atoms. The first-order valence-electron chi connectivity index (χ1n) is 31.1. The highest BCUT2D eigenvalue weighted by Crippen LogP contribution is 2.53. The van der Waals surface area contributed by atoms with Crippen LogP contribution in [0.5, 0.6) is 0 Å². The number of anilines is 9. The summed E-state index contributed by atoms with van der Waals surface area (Å²) in [6, 6.07) is 96.5. The lowest BCUT2D eigenvalue weighted by atomic mass is 9.97. The second kappa shape index (κ2) is 20.9. The third-order valence-electron chi connectivity index (χ3n) is 18.3. The molecule has 0 amide bonds. The molecule has 19 rings (SSSR count). The van der Waals surface area contributed by atoms with E-state index in [9.17, 15) is 0 Å². The molecule has 11 nitrogen and oxygen atoms in total. The number of hydrogen-bond acceptors (Lipinski definition) is 9. The van der Waals surface area contributed by atoms with Crippen molar-refractivity contribution in [2.45, 2.75) is 0 Å². The highest BCUT2D eigenvalue weighted by Gasteiger charge is 2.33. The molecule has 0 aliphatic carbocycles. The molecule has 9 aromatic heterocycles. The van der Waals surface area contributed by atoms with E-state index in [2.05, 4.69) is 282 Å². The maximum absolute atomic E-state index is 6.04. The maximum atomic E-state index is 6.04. The Morgan fingerprint density at radius 1 is 0.247 bits per heavy atom. The fraction of sp³-hybridized carbons (Fsp3) is 0. The van der Waals surface area contributed by atoms with Gasteiger partial charge in [-0.3, -0.25) is 18.8 Å². The first kappa shape index (κ1) is 52.1. The van der Waals surface area contributed by atoms with Crippen molar-refractivity contribution in [3.63, 3.8) is 0 Å². The molecule has 0 saturated carbocycles. The van der Waals surface area contributed by atoms with Crippen LogP contribution < -0.4 is 14.7 Å². The Kier molecular flexibility index (Phi) is 11.7.